The maximum Gasteiger partial charge on any atom is 0.393 e. The Bertz CT molecular complexity index is 1300. The number of hydrogen-bond donors (Lipinski definition) is 2. The van der Waals surface area contributed by atoms with Gasteiger partial charge in [0.25, 0.3) is 0 Å². The molecule has 4 heterocycles. The first-order chi connectivity index (χ1) is 16.4. The molecule has 0 radical (unpaired) electrons. The lowest BCUT2D eigenvalue weighted by Crippen LogP contribution is -2.46. The molecule has 1 saturated carbocycles. The van der Waals surface area contributed by atoms with Crippen molar-refractivity contribution in [1.82, 2.24) is 20.2 Å². The van der Waals surface area contributed by atoms with E-state index in [1.54, 1.807) is 12.3 Å². The van der Waals surface area contributed by atoms with Crippen molar-refractivity contribution in [3.63, 3.8) is 0 Å². The number of nitrogens with zero attached hydrogens (tertiary/aromatic N) is 4. The highest BCUT2D eigenvalue weighted by atomic mass is 32.1. The SMILES string of the molecule is FC(F)(F)Cc1cc2c(N3CCC4(CC(Nc5ccc(-c6ccn[nH]6)cc5)C4)C3)ncnc2s1.[HH]. The Morgan fingerprint density at radius 1 is 1.18 bits per heavy atom. The van der Waals surface area contributed by atoms with Crippen LogP contribution in [0, 0.1) is 5.41 Å². The lowest BCUT2D eigenvalue weighted by atomic mass is 9.65. The first kappa shape index (κ1) is 21.4. The quantitative estimate of drug-likeness (QED) is 0.367. The van der Waals surface area contributed by atoms with Crippen LogP contribution in [0.25, 0.3) is 21.5 Å². The van der Waals surface area contributed by atoms with Gasteiger partial charge in [-0.25, -0.2) is 9.97 Å². The van der Waals surface area contributed by atoms with E-state index >= 15 is 0 Å². The van der Waals surface area contributed by atoms with E-state index in [9.17, 15) is 13.2 Å². The van der Waals surface area contributed by atoms with Gasteiger partial charge in [-0.05, 0) is 54.5 Å². The predicted octanol–water partition coefficient (Wildman–Crippen LogP) is 5.90. The van der Waals surface area contributed by atoms with Gasteiger partial charge >= 0.3 is 6.18 Å². The fourth-order valence-corrected chi connectivity index (χ4v) is 6.39. The molecular weight excluding hydrogens is 461 g/mol. The highest BCUT2D eigenvalue weighted by molar-refractivity contribution is 7.18. The number of aromatic nitrogens is 4. The monoisotopic (exact) mass is 486 g/mol. The van der Waals surface area contributed by atoms with Crippen molar-refractivity contribution in [1.29, 1.82) is 0 Å². The third-order valence-corrected chi connectivity index (χ3v) is 7.94. The summed E-state index contributed by atoms with van der Waals surface area (Å²) >= 11 is 1.11. The van der Waals surface area contributed by atoms with E-state index in [2.05, 4.69) is 54.6 Å². The third-order valence-electron chi connectivity index (χ3n) is 6.90. The number of fused-ring (bicyclic) bond motifs is 1. The molecule has 1 aliphatic carbocycles. The smallest absolute Gasteiger partial charge is 0.382 e. The number of benzene rings is 1. The summed E-state index contributed by atoms with van der Waals surface area (Å²) in [7, 11) is 0. The van der Waals surface area contributed by atoms with Gasteiger partial charge in [0.15, 0.2) is 0 Å². The van der Waals surface area contributed by atoms with Crippen LogP contribution in [-0.4, -0.2) is 45.5 Å². The number of thiophene rings is 1. The minimum Gasteiger partial charge on any atom is -0.382 e. The largest absolute Gasteiger partial charge is 0.393 e. The number of aromatic amines is 1. The predicted molar refractivity (Wildman–Crippen MR) is 129 cm³/mol. The molecule has 1 saturated heterocycles. The molecular formula is C24H25F3N6S. The molecule has 1 aliphatic heterocycles. The Morgan fingerprint density at radius 2 is 2.00 bits per heavy atom. The first-order valence-corrected chi connectivity index (χ1v) is 12.1. The van der Waals surface area contributed by atoms with E-state index in [4.69, 9.17) is 0 Å². The number of anilines is 2. The Balaban J connectivity index is 0.00000253. The lowest BCUT2D eigenvalue weighted by Gasteiger charge is -2.46. The van der Waals surface area contributed by atoms with Gasteiger partial charge < -0.3 is 10.2 Å². The van der Waals surface area contributed by atoms with Crippen molar-refractivity contribution >= 4 is 33.1 Å². The molecule has 6 nitrogen and oxygen atoms in total. The summed E-state index contributed by atoms with van der Waals surface area (Å²) < 4.78 is 38.6. The van der Waals surface area contributed by atoms with Gasteiger partial charge in [-0.15, -0.1) is 11.3 Å². The summed E-state index contributed by atoms with van der Waals surface area (Å²) in [5.41, 5.74) is 3.43. The summed E-state index contributed by atoms with van der Waals surface area (Å²) in [6, 6.07) is 12.3. The lowest BCUT2D eigenvalue weighted by molar-refractivity contribution is -0.126. The molecule has 2 fully saturated rings. The summed E-state index contributed by atoms with van der Waals surface area (Å²) in [5, 5.41) is 11.3. The second kappa shape index (κ2) is 7.97. The van der Waals surface area contributed by atoms with E-state index in [0.717, 1.165) is 71.8 Å². The van der Waals surface area contributed by atoms with Crippen LogP contribution in [-0.2, 0) is 6.42 Å². The highest BCUT2D eigenvalue weighted by Crippen LogP contribution is 2.50. The normalized spacial score (nSPS) is 22.4. The Hall–Kier alpha value is -3.14. The average molecular weight is 487 g/mol. The van der Waals surface area contributed by atoms with Crippen LogP contribution < -0.4 is 10.2 Å². The second-order valence-electron chi connectivity index (χ2n) is 9.39. The summed E-state index contributed by atoms with van der Waals surface area (Å²) in [6.07, 6.45) is 1.27. The number of nitrogens with one attached hydrogen (secondary N) is 2. The molecule has 1 aromatic carbocycles. The number of H-pyrrole nitrogens is 1. The number of hydrogen-bond acceptors (Lipinski definition) is 6. The zero-order valence-electron chi connectivity index (χ0n) is 18.3. The standard InChI is InChI=1S/C24H23F3N6S.H2/c25-24(26,27)12-18-9-19-21(28-14-29-22(19)34-18)33-8-6-23(13-33)10-17(11-23)31-16-3-1-15(2-4-16)20-5-7-30-32-20;/h1-5,7,9,14,17,31H,6,8,10-13H2,(H,30,32);1H. The van der Waals surface area contributed by atoms with Gasteiger partial charge in [0.05, 0.1) is 17.5 Å². The van der Waals surface area contributed by atoms with Crippen LogP contribution in [0.5, 0.6) is 0 Å². The van der Waals surface area contributed by atoms with Crippen molar-refractivity contribution in [3.05, 3.63) is 53.8 Å². The van der Waals surface area contributed by atoms with Crippen LogP contribution in [0.3, 0.4) is 0 Å². The molecule has 34 heavy (non-hydrogen) atoms. The molecule has 10 heteroatoms. The minimum absolute atomic E-state index is 0. The zero-order valence-corrected chi connectivity index (χ0v) is 19.1. The molecule has 1 spiro atoms. The fourth-order valence-electron chi connectivity index (χ4n) is 5.36. The maximum atomic E-state index is 12.9. The van der Waals surface area contributed by atoms with Crippen molar-refractivity contribution in [2.24, 2.45) is 5.41 Å². The zero-order chi connectivity index (χ0) is 23.3. The second-order valence-corrected chi connectivity index (χ2v) is 10.5. The van der Waals surface area contributed by atoms with Crippen LogP contribution in [0.2, 0.25) is 0 Å². The maximum absolute atomic E-state index is 12.9. The van der Waals surface area contributed by atoms with E-state index in [1.807, 2.05) is 6.07 Å². The van der Waals surface area contributed by atoms with Crippen LogP contribution in [0.4, 0.5) is 24.7 Å². The van der Waals surface area contributed by atoms with Gasteiger partial charge in [0.1, 0.15) is 17.0 Å². The summed E-state index contributed by atoms with van der Waals surface area (Å²) in [4.78, 5) is 11.8. The number of rotatable bonds is 5. The Morgan fingerprint density at radius 3 is 2.74 bits per heavy atom. The van der Waals surface area contributed by atoms with Crippen molar-refractivity contribution in [2.75, 3.05) is 23.3 Å². The van der Waals surface area contributed by atoms with E-state index in [-0.39, 0.29) is 11.7 Å². The molecule has 0 unspecified atom stereocenters. The van der Waals surface area contributed by atoms with E-state index in [0.29, 0.717) is 10.9 Å². The molecule has 0 amide bonds. The third kappa shape index (κ3) is 4.11. The molecule has 178 valence electrons. The average Bonchev–Trinajstić information content (AvgIpc) is 3.52. The van der Waals surface area contributed by atoms with Gasteiger partial charge in [-0.1, -0.05) is 12.1 Å². The number of halogens is 3. The van der Waals surface area contributed by atoms with Gasteiger partial charge in [0.2, 0.25) is 0 Å². The first-order valence-electron chi connectivity index (χ1n) is 11.3. The summed E-state index contributed by atoms with van der Waals surface area (Å²) in [5.74, 6) is 0.761. The molecule has 6 rings (SSSR count). The molecule has 3 aromatic heterocycles. The highest BCUT2D eigenvalue weighted by Gasteiger charge is 2.49. The fraction of sp³-hybridized carbons (Fsp3) is 0.375. The Labute approximate surface area is 199 Å². The number of alkyl halides is 3. The van der Waals surface area contributed by atoms with Gasteiger partial charge in [-0.3, -0.25) is 5.10 Å². The van der Waals surface area contributed by atoms with Crippen molar-refractivity contribution < 1.29 is 14.6 Å². The van der Waals surface area contributed by atoms with Crippen LogP contribution in [0.1, 0.15) is 25.6 Å². The van der Waals surface area contributed by atoms with Gasteiger partial charge in [-0.2, -0.15) is 18.3 Å². The van der Waals surface area contributed by atoms with Crippen molar-refractivity contribution in [3.8, 4) is 11.3 Å². The summed E-state index contributed by atoms with van der Waals surface area (Å²) in [6.45, 7) is 1.74. The van der Waals surface area contributed by atoms with Crippen LogP contribution >= 0.6 is 11.3 Å². The topological polar surface area (TPSA) is 69.7 Å². The molecule has 0 bridgehead atoms. The molecule has 4 aromatic rings. The van der Waals surface area contributed by atoms with Crippen molar-refractivity contribution in [2.45, 2.75) is 37.9 Å². The molecule has 2 N–H and O–H groups in total. The van der Waals surface area contributed by atoms with E-state index < -0.39 is 12.6 Å². The van der Waals surface area contributed by atoms with E-state index in [1.165, 1.54) is 6.33 Å². The van der Waals surface area contributed by atoms with Gasteiger partial charge in [0, 0.05) is 37.3 Å². The molecule has 0 atom stereocenters. The molecule has 2 aliphatic rings. The minimum atomic E-state index is -4.22. The Kier molecular flexibility index (Phi) is 5.02. The van der Waals surface area contributed by atoms with Crippen LogP contribution in [0.15, 0.2) is 48.9 Å².